The maximum atomic E-state index is 11.9. The second-order valence-corrected chi connectivity index (χ2v) is 4.77. The smallest absolute Gasteiger partial charge is 0.338 e. The van der Waals surface area contributed by atoms with E-state index in [0.29, 0.717) is 30.8 Å². The minimum Gasteiger partial charge on any atom is -0.462 e. The van der Waals surface area contributed by atoms with Gasteiger partial charge in [-0.3, -0.25) is 9.59 Å². The molecular formula is C15H18N2O4. The van der Waals surface area contributed by atoms with Crippen molar-refractivity contribution in [1.82, 2.24) is 4.90 Å². The average Bonchev–Trinajstić information content (AvgIpc) is 2.84. The maximum Gasteiger partial charge on any atom is 0.338 e. The summed E-state index contributed by atoms with van der Waals surface area (Å²) in [6.45, 7) is 2.70. The lowest BCUT2D eigenvalue weighted by molar-refractivity contribution is -0.131. The van der Waals surface area contributed by atoms with Crippen molar-refractivity contribution in [2.45, 2.75) is 19.8 Å². The third-order valence-corrected chi connectivity index (χ3v) is 3.16. The lowest BCUT2D eigenvalue weighted by atomic mass is 10.2. The number of amides is 2. The quantitative estimate of drug-likeness (QED) is 0.832. The van der Waals surface area contributed by atoms with Crippen molar-refractivity contribution >= 4 is 23.5 Å². The summed E-state index contributed by atoms with van der Waals surface area (Å²) in [6, 6.07) is 6.54. The van der Waals surface area contributed by atoms with E-state index in [1.807, 2.05) is 0 Å². The molecule has 1 N–H and O–H groups in total. The molecule has 1 aromatic carbocycles. The number of nitrogens with one attached hydrogen (secondary N) is 1. The Hall–Kier alpha value is -2.37. The molecule has 112 valence electrons. The molecule has 0 aliphatic carbocycles. The molecule has 0 saturated carbocycles. The summed E-state index contributed by atoms with van der Waals surface area (Å²) >= 11 is 0. The molecule has 6 heteroatoms. The van der Waals surface area contributed by atoms with Crippen LogP contribution in [0.1, 0.15) is 30.1 Å². The molecular weight excluding hydrogens is 272 g/mol. The van der Waals surface area contributed by atoms with Gasteiger partial charge in [-0.2, -0.15) is 0 Å². The normalized spacial score (nSPS) is 14.1. The SMILES string of the molecule is CCOC(=O)c1cccc(NC(=O)CN2CCCC2=O)c1. The van der Waals surface area contributed by atoms with Crippen molar-refractivity contribution in [1.29, 1.82) is 0 Å². The molecule has 1 aliphatic rings. The number of hydrogen-bond acceptors (Lipinski definition) is 4. The van der Waals surface area contributed by atoms with Crippen molar-refractivity contribution in [3.63, 3.8) is 0 Å². The molecule has 2 amide bonds. The molecule has 0 atom stereocenters. The van der Waals surface area contributed by atoms with E-state index in [1.165, 1.54) is 4.90 Å². The van der Waals surface area contributed by atoms with Crippen LogP contribution in [0.5, 0.6) is 0 Å². The Balaban J connectivity index is 1.96. The van der Waals surface area contributed by atoms with Crippen LogP contribution in [0.4, 0.5) is 5.69 Å². The Labute approximate surface area is 123 Å². The van der Waals surface area contributed by atoms with Crippen LogP contribution in [0.15, 0.2) is 24.3 Å². The van der Waals surface area contributed by atoms with Crippen molar-refractivity contribution in [3.8, 4) is 0 Å². The van der Waals surface area contributed by atoms with Gasteiger partial charge in [0.25, 0.3) is 0 Å². The van der Waals surface area contributed by atoms with Crippen LogP contribution in [0.3, 0.4) is 0 Å². The predicted octanol–water partition coefficient (Wildman–Crippen LogP) is 1.42. The first-order valence-electron chi connectivity index (χ1n) is 6.95. The molecule has 6 nitrogen and oxygen atoms in total. The molecule has 0 radical (unpaired) electrons. The predicted molar refractivity (Wildman–Crippen MR) is 76.8 cm³/mol. The minimum absolute atomic E-state index is 0.00502. The van der Waals surface area contributed by atoms with Crippen molar-refractivity contribution in [3.05, 3.63) is 29.8 Å². The number of carbonyl (C=O) groups is 3. The second-order valence-electron chi connectivity index (χ2n) is 4.77. The molecule has 1 fully saturated rings. The van der Waals surface area contributed by atoms with E-state index in [0.717, 1.165) is 6.42 Å². The number of esters is 1. The summed E-state index contributed by atoms with van der Waals surface area (Å²) in [5, 5.41) is 2.69. The van der Waals surface area contributed by atoms with Crippen LogP contribution < -0.4 is 5.32 Å². The molecule has 1 saturated heterocycles. The van der Waals surface area contributed by atoms with Gasteiger partial charge in [0.1, 0.15) is 0 Å². The monoisotopic (exact) mass is 290 g/mol. The topological polar surface area (TPSA) is 75.7 Å². The van der Waals surface area contributed by atoms with Crippen molar-refractivity contribution in [2.24, 2.45) is 0 Å². The number of likely N-dealkylation sites (tertiary alicyclic amines) is 1. The molecule has 1 heterocycles. The zero-order valence-corrected chi connectivity index (χ0v) is 11.9. The third kappa shape index (κ3) is 4.05. The summed E-state index contributed by atoms with van der Waals surface area (Å²) in [5.74, 6) is -0.694. The van der Waals surface area contributed by atoms with Crippen LogP contribution in [-0.2, 0) is 14.3 Å². The Bertz CT molecular complexity index is 556. The first-order valence-corrected chi connectivity index (χ1v) is 6.95. The van der Waals surface area contributed by atoms with E-state index in [9.17, 15) is 14.4 Å². The zero-order valence-electron chi connectivity index (χ0n) is 11.9. The highest BCUT2D eigenvalue weighted by molar-refractivity contribution is 5.96. The van der Waals surface area contributed by atoms with E-state index in [2.05, 4.69) is 5.32 Å². The fraction of sp³-hybridized carbons (Fsp3) is 0.400. The minimum atomic E-state index is -0.427. The molecule has 1 aliphatic heterocycles. The van der Waals surface area contributed by atoms with Crippen LogP contribution in [-0.4, -0.2) is 42.4 Å². The van der Waals surface area contributed by atoms with Gasteiger partial charge in [0.05, 0.1) is 18.7 Å². The van der Waals surface area contributed by atoms with Gasteiger partial charge in [0, 0.05) is 18.7 Å². The molecule has 0 unspecified atom stereocenters. The van der Waals surface area contributed by atoms with E-state index in [1.54, 1.807) is 31.2 Å². The fourth-order valence-electron chi connectivity index (χ4n) is 2.18. The molecule has 0 aromatic heterocycles. The highest BCUT2D eigenvalue weighted by atomic mass is 16.5. The molecule has 1 aromatic rings. The number of ether oxygens (including phenoxy) is 1. The Kier molecular flexibility index (Phi) is 4.92. The largest absolute Gasteiger partial charge is 0.462 e. The fourth-order valence-corrected chi connectivity index (χ4v) is 2.18. The maximum absolute atomic E-state index is 11.9. The van der Waals surface area contributed by atoms with Gasteiger partial charge in [-0.05, 0) is 31.5 Å². The van der Waals surface area contributed by atoms with Crippen LogP contribution in [0.25, 0.3) is 0 Å². The van der Waals surface area contributed by atoms with E-state index < -0.39 is 5.97 Å². The van der Waals surface area contributed by atoms with Gasteiger partial charge in [-0.25, -0.2) is 4.79 Å². The highest BCUT2D eigenvalue weighted by Gasteiger charge is 2.22. The molecule has 2 rings (SSSR count). The van der Waals surface area contributed by atoms with Crippen LogP contribution >= 0.6 is 0 Å². The van der Waals surface area contributed by atoms with E-state index >= 15 is 0 Å². The van der Waals surface area contributed by atoms with Gasteiger partial charge in [0.2, 0.25) is 11.8 Å². The first kappa shape index (κ1) is 15.0. The molecule has 0 bridgehead atoms. The first-order chi connectivity index (χ1) is 10.1. The highest BCUT2D eigenvalue weighted by Crippen LogP contribution is 2.13. The number of carbonyl (C=O) groups excluding carboxylic acids is 3. The number of nitrogens with zero attached hydrogens (tertiary/aromatic N) is 1. The van der Waals surface area contributed by atoms with Gasteiger partial charge in [-0.15, -0.1) is 0 Å². The van der Waals surface area contributed by atoms with Crippen LogP contribution in [0, 0.1) is 0 Å². The second kappa shape index (κ2) is 6.88. The number of benzene rings is 1. The van der Waals surface area contributed by atoms with Gasteiger partial charge >= 0.3 is 5.97 Å². The van der Waals surface area contributed by atoms with Gasteiger partial charge < -0.3 is 15.0 Å². The average molecular weight is 290 g/mol. The lowest BCUT2D eigenvalue weighted by Crippen LogP contribution is -2.33. The summed E-state index contributed by atoms with van der Waals surface area (Å²) in [6.07, 6.45) is 1.30. The molecule has 21 heavy (non-hydrogen) atoms. The number of hydrogen-bond donors (Lipinski definition) is 1. The number of anilines is 1. The lowest BCUT2D eigenvalue weighted by Gasteiger charge is -2.15. The zero-order chi connectivity index (χ0) is 15.2. The number of rotatable bonds is 5. The van der Waals surface area contributed by atoms with E-state index in [4.69, 9.17) is 4.74 Å². The summed E-state index contributed by atoms with van der Waals surface area (Å²) in [7, 11) is 0. The molecule has 0 spiro atoms. The Morgan fingerprint density at radius 1 is 1.38 bits per heavy atom. The standard InChI is InChI=1S/C15H18N2O4/c1-2-21-15(20)11-5-3-6-12(9-11)16-13(18)10-17-8-4-7-14(17)19/h3,5-6,9H,2,4,7-8,10H2,1H3,(H,16,18). The summed E-state index contributed by atoms with van der Waals surface area (Å²) < 4.78 is 4.91. The Morgan fingerprint density at radius 2 is 2.19 bits per heavy atom. The van der Waals surface area contributed by atoms with Gasteiger partial charge in [0.15, 0.2) is 0 Å². The van der Waals surface area contributed by atoms with Crippen molar-refractivity contribution in [2.75, 3.05) is 25.0 Å². The third-order valence-electron chi connectivity index (χ3n) is 3.16. The van der Waals surface area contributed by atoms with Crippen molar-refractivity contribution < 1.29 is 19.1 Å². The van der Waals surface area contributed by atoms with E-state index in [-0.39, 0.29) is 18.4 Å². The summed E-state index contributed by atoms with van der Waals surface area (Å²) in [5.41, 5.74) is 0.893. The van der Waals surface area contributed by atoms with Crippen LogP contribution in [0.2, 0.25) is 0 Å². The summed E-state index contributed by atoms with van der Waals surface area (Å²) in [4.78, 5) is 36.5. The Morgan fingerprint density at radius 3 is 2.86 bits per heavy atom. The van der Waals surface area contributed by atoms with Gasteiger partial charge in [-0.1, -0.05) is 6.07 Å².